The number of rotatable bonds is 5. The van der Waals surface area contributed by atoms with Crippen molar-refractivity contribution in [3.63, 3.8) is 0 Å². The summed E-state index contributed by atoms with van der Waals surface area (Å²) in [5.74, 6) is -1.87. The van der Waals surface area contributed by atoms with Gasteiger partial charge in [-0.2, -0.15) is 0 Å². The van der Waals surface area contributed by atoms with E-state index in [1.807, 2.05) is 6.92 Å². The molecule has 20 heavy (non-hydrogen) atoms. The third-order valence-electron chi connectivity index (χ3n) is 3.66. The zero-order valence-electron chi connectivity index (χ0n) is 11.2. The number of nitro groups is 1. The number of hydrogen-bond donors (Lipinski definition) is 1. The maximum Gasteiger partial charge on any atom is 0.275 e. The molecule has 1 aliphatic heterocycles. The van der Waals surface area contributed by atoms with Crippen LogP contribution in [0.15, 0.2) is 12.1 Å². The zero-order valence-corrected chi connectivity index (χ0v) is 11.2. The van der Waals surface area contributed by atoms with Crippen molar-refractivity contribution in [1.29, 1.82) is 0 Å². The summed E-state index contributed by atoms with van der Waals surface area (Å²) in [7, 11) is 0. The van der Waals surface area contributed by atoms with Crippen molar-refractivity contribution in [1.82, 2.24) is 4.90 Å². The SMILES string of the molecule is CCN1CCCC1CNc1c(F)cc([N+](=O)[O-])cc1F. The molecule has 0 aromatic heterocycles. The lowest BCUT2D eigenvalue weighted by atomic mass is 10.2. The molecule has 0 radical (unpaired) electrons. The highest BCUT2D eigenvalue weighted by Gasteiger charge is 2.24. The predicted molar refractivity (Wildman–Crippen MR) is 71.8 cm³/mol. The number of nitrogens with zero attached hydrogens (tertiary/aromatic N) is 2. The van der Waals surface area contributed by atoms with E-state index in [0.717, 1.165) is 38.1 Å². The number of halogens is 2. The first-order valence-electron chi connectivity index (χ1n) is 6.64. The van der Waals surface area contributed by atoms with Crippen molar-refractivity contribution in [2.24, 2.45) is 0 Å². The number of non-ortho nitro benzene ring substituents is 1. The molecule has 1 heterocycles. The number of nitrogens with one attached hydrogen (secondary N) is 1. The topological polar surface area (TPSA) is 58.4 Å². The lowest BCUT2D eigenvalue weighted by molar-refractivity contribution is -0.385. The van der Waals surface area contributed by atoms with Crippen molar-refractivity contribution >= 4 is 11.4 Å². The number of benzene rings is 1. The summed E-state index contributed by atoms with van der Waals surface area (Å²) in [6.07, 6.45) is 2.06. The largest absolute Gasteiger partial charge is 0.379 e. The van der Waals surface area contributed by atoms with E-state index in [1.54, 1.807) is 0 Å². The summed E-state index contributed by atoms with van der Waals surface area (Å²) in [5, 5.41) is 13.3. The molecule has 1 atom stereocenters. The molecule has 0 aliphatic carbocycles. The summed E-state index contributed by atoms with van der Waals surface area (Å²) in [5.41, 5.74) is -0.875. The molecule has 0 saturated carbocycles. The minimum absolute atomic E-state index is 0.244. The van der Waals surface area contributed by atoms with Gasteiger partial charge in [-0.25, -0.2) is 8.78 Å². The van der Waals surface area contributed by atoms with Gasteiger partial charge >= 0.3 is 0 Å². The Kier molecular flexibility index (Phi) is 4.49. The Labute approximate surface area is 115 Å². The van der Waals surface area contributed by atoms with Gasteiger partial charge in [-0.3, -0.25) is 15.0 Å². The van der Waals surface area contributed by atoms with Crippen LogP contribution in [0.25, 0.3) is 0 Å². The van der Waals surface area contributed by atoms with Crippen LogP contribution in [0.5, 0.6) is 0 Å². The van der Waals surface area contributed by atoms with Gasteiger partial charge in [-0.1, -0.05) is 6.92 Å². The lowest BCUT2D eigenvalue weighted by Gasteiger charge is -2.23. The average Bonchev–Trinajstić information content (AvgIpc) is 2.84. The minimum Gasteiger partial charge on any atom is -0.379 e. The molecule has 0 spiro atoms. The average molecular weight is 285 g/mol. The van der Waals surface area contributed by atoms with Gasteiger partial charge < -0.3 is 5.32 Å². The van der Waals surface area contributed by atoms with E-state index in [4.69, 9.17) is 0 Å². The van der Waals surface area contributed by atoms with Gasteiger partial charge in [0.1, 0.15) is 5.69 Å². The van der Waals surface area contributed by atoms with Gasteiger partial charge in [0.15, 0.2) is 11.6 Å². The van der Waals surface area contributed by atoms with Crippen molar-refractivity contribution in [3.05, 3.63) is 33.9 Å². The molecule has 7 heteroatoms. The van der Waals surface area contributed by atoms with Gasteiger partial charge in [-0.15, -0.1) is 0 Å². The van der Waals surface area contributed by atoms with Crippen LogP contribution in [0.1, 0.15) is 19.8 Å². The molecular weight excluding hydrogens is 268 g/mol. The molecule has 1 aromatic carbocycles. The third kappa shape index (κ3) is 3.04. The summed E-state index contributed by atoms with van der Waals surface area (Å²) in [4.78, 5) is 11.9. The second-order valence-electron chi connectivity index (χ2n) is 4.85. The van der Waals surface area contributed by atoms with Gasteiger partial charge in [0.2, 0.25) is 0 Å². The molecule has 1 unspecified atom stereocenters. The fraction of sp³-hybridized carbons (Fsp3) is 0.538. The van der Waals surface area contributed by atoms with Crippen molar-refractivity contribution < 1.29 is 13.7 Å². The first-order valence-corrected chi connectivity index (χ1v) is 6.64. The highest BCUT2D eigenvalue weighted by molar-refractivity contribution is 5.51. The third-order valence-corrected chi connectivity index (χ3v) is 3.66. The van der Waals surface area contributed by atoms with Gasteiger partial charge in [0.05, 0.1) is 17.1 Å². The Morgan fingerprint density at radius 1 is 1.45 bits per heavy atom. The van der Waals surface area contributed by atoms with E-state index in [2.05, 4.69) is 10.2 Å². The fourth-order valence-corrected chi connectivity index (χ4v) is 2.60. The quantitative estimate of drug-likeness (QED) is 0.667. The molecule has 5 nitrogen and oxygen atoms in total. The Morgan fingerprint density at radius 2 is 2.10 bits per heavy atom. The molecule has 0 amide bonds. The van der Waals surface area contributed by atoms with E-state index >= 15 is 0 Å². The highest BCUT2D eigenvalue weighted by Crippen LogP contribution is 2.25. The van der Waals surface area contributed by atoms with Crippen LogP contribution in [0, 0.1) is 21.7 Å². The van der Waals surface area contributed by atoms with Crippen LogP contribution < -0.4 is 5.32 Å². The van der Waals surface area contributed by atoms with Crippen LogP contribution >= 0.6 is 0 Å². The number of nitro benzene ring substituents is 1. The highest BCUT2D eigenvalue weighted by atomic mass is 19.1. The maximum absolute atomic E-state index is 13.7. The molecular formula is C13H17F2N3O2. The summed E-state index contributed by atoms with van der Waals surface area (Å²) < 4.78 is 27.4. The monoisotopic (exact) mass is 285 g/mol. The normalized spacial score (nSPS) is 19.2. The van der Waals surface area contributed by atoms with Crippen LogP contribution in [-0.4, -0.2) is 35.5 Å². The van der Waals surface area contributed by atoms with Gasteiger partial charge in [0.25, 0.3) is 5.69 Å². The smallest absolute Gasteiger partial charge is 0.275 e. The number of hydrogen-bond acceptors (Lipinski definition) is 4. The van der Waals surface area contributed by atoms with Crippen molar-refractivity contribution in [3.8, 4) is 0 Å². The summed E-state index contributed by atoms with van der Waals surface area (Å²) in [6.45, 7) is 4.37. The fourth-order valence-electron chi connectivity index (χ4n) is 2.60. The number of likely N-dealkylation sites (N-methyl/N-ethyl adjacent to an activating group) is 1. The van der Waals surface area contributed by atoms with Crippen LogP contribution in [0.3, 0.4) is 0 Å². The van der Waals surface area contributed by atoms with E-state index in [0.29, 0.717) is 6.54 Å². The predicted octanol–water partition coefficient (Wildman–Crippen LogP) is 2.77. The first-order chi connectivity index (χ1) is 9.52. The minimum atomic E-state index is -0.933. The molecule has 1 saturated heterocycles. The molecule has 1 aliphatic rings. The Morgan fingerprint density at radius 3 is 2.65 bits per heavy atom. The molecule has 1 N–H and O–H groups in total. The second-order valence-corrected chi connectivity index (χ2v) is 4.85. The molecule has 1 fully saturated rings. The van der Waals surface area contributed by atoms with Crippen molar-refractivity contribution in [2.45, 2.75) is 25.8 Å². The summed E-state index contributed by atoms with van der Waals surface area (Å²) >= 11 is 0. The van der Waals surface area contributed by atoms with Crippen LogP contribution in [0.2, 0.25) is 0 Å². The Hall–Kier alpha value is -1.76. The van der Waals surface area contributed by atoms with E-state index in [9.17, 15) is 18.9 Å². The Balaban J connectivity index is 2.08. The van der Waals surface area contributed by atoms with Gasteiger partial charge in [-0.05, 0) is 25.9 Å². The van der Waals surface area contributed by atoms with Gasteiger partial charge in [0, 0.05) is 12.6 Å². The molecule has 110 valence electrons. The lowest BCUT2D eigenvalue weighted by Crippen LogP contribution is -2.34. The van der Waals surface area contributed by atoms with E-state index in [1.165, 1.54) is 0 Å². The van der Waals surface area contributed by atoms with Crippen LogP contribution in [-0.2, 0) is 0 Å². The maximum atomic E-state index is 13.7. The first kappa shape index (κ1) is 14.6. The van der Waals surface area contributed by atoms with E-state index in [-0.39, 0.29) is 11.7 Å². The summed E-state index contributed by atoms with van der Waals surface area (Å²) in [6, 6.07) is 1.71. The van der Waals surface area contributed by atoms with Crippen molar-refractivity contribution in [2.75, 3.05) is 25.0 Å². The van der Waals surface area contributed by atoms with E-state index < -0.39 is 22.2 Å². The Bertz CT molecular complexity index is 487. The molecule has 1 aromatic rings. The number of anilines is 1. The second kappa shape index (κ2) is 6.13. The standard InChI is InChI=1S/C13H17F2N3O2/c1-2-17-5-3-4-9(17)8-16-13-11(14)6-10(18(19)20)7-12(13)15/h6-7,9,16H,2-5,8H2,1H3. The van der Waals surface area contributed by atoms with Crippen LogP contribution in [0.4, 0.5) is 20.2 Å². The number of likely N-dealkylation sites (tertiary alicyclic amines) is 1. The zero-order chi connectivity index (χ0) is 14.7. The molecule has 0 bridgehead atoms. The molecule has 2 rings (SSSR count).